The third-order valence-corrected chi connectivity index (χ3v) is 3.08. The number of hydrogen-bond acceptors (Lipinski definition) is 2. The molecule has 76 valence electrons. The molecule has 0 spiro atoms. The van der Waals surface area contributed by atoms with Crippen molar-refractivity contribution >= 4 is 5.71 Å². The maximum atomic E-state index is 5.47. The van der Waals surface area contributed by atoms with Gasteiger partial charge in [0.25, 0.3) is 0 Å². The van der Waals surface area contributed by atoms with Crippen LogP contribution in [0.1, 0.15) is 18.4 Å². The number of fused-ring (bicyclic) bond motifs is 1. The molecule has 3 rings (SSSR count). The molecule has 0 saturated heterocycles. The molecule has 2 aliphatic rings. The molecule has 15 heavy (non-hydrogen) atoms. The van der Waals surface area contributed by atoms with Crippen molar-refractivity contribution < 1.29 is 4.84 Å². The second-order valence-corrected chi connectivity index (χ2v) is 4.10. The normalized spacial score (nSPS) is 28.1. The predicted octanol–water partition coefficient (Wildman–Crippen LogP) is 2.76. The van der Waals surface area contributed by atoms with E-state index in [1.54, 1.807) is 0 Å². The Morgan fingerprint density at radius 1 is 1.20 bits per heavy atom. The van der Waals surface area contributed by atoms with Crippen LogP contribution in [0.25, 0.3) is 0 Å². The Morgan fingerprint density at radius 3 is 2.93 bits per heavy atom. The molecule has 2 heteroatoms. The lowest BCUT2D eigenvalue weighted by Crippen LogP contribution is -2.25. The molecule has 0 aromatic heterocycles. The summed E-state index contributed by atoms with van der Waals surface area (Å²) >= 11 is 0. The fraction of sp³-hybridized carbons (Fsp3) is 0.308. The van der Waals surface area contributed by atoms with Gasteiger partial charge in [0.15, 0.2) is 0 Å². The van der Waals surface area contributed by atoms with Gasteiger partial charge >= 0.3 is 0 Å². The van der Waals surface area contributed by atoms with Crippen molar-refractivity contribution in [2.75, 3.05) is 0 Å². The Balaban J connectivity index is 1.85. The maximum absolute atomic E-state index is 5.47. The zero-order valence-electron chi connectivity index (χ0n) is 8.47. The Bertz CT molecular complexity index is 408. The van der Waals surface area contributed by atoms with Crippen LogP contribution in [0.2, 0.25) is 0 Å². The summed E-state index contributed by atoms with van der Waals surface area (Å²) in [7, 11) is 0. The summed E-state index contributed by atoms with van der Waals surface area (Å²) < 4.78 is 0. The van der Waals surface area contributed by atoms with Gasteiger partial charge in [0.1, 0.15) is 6.10 Å². The van der Waals surface area contributed by atoms with Gasteiger partial charge in [-0.15, -0.1) is 0 Å². The van der Waals surface area contributed by atoms with Crippen LogP contribution >= 0.6 is 0 Å². The summed E-state index contributed by atoms with van der Waals surface area (Å²) in [6, 6.07) is 10.3. The standard InChI is InChI=1S/C13H13NO/c1-2-5-10(6-3-1)12-9-11-7-4-8-13(11)15-14-12/h1-6,8,11,13H,7,9H2. The van der Waals surface area contributed by atoms with E-state index >= 15 is 0 Å². The quantitative estimate of drug-likeness (QED) is 0.637. The lowest BCUT2D eigenvalue weighted by atomic mass is 9.93. The van der Waals surface area contributed by atoms with Gasteiger partial charge < -0.3 is 4.84 Å². The second-order valence-electron chi connectivity index (χ2n) is 4.10. The SMILES string of the molecule is C1=CC2ON=C(c3ccccc3)CC2C1. The van der Waals surface area contributed by atoms with Crippen molar-refractivity contribution in [3.63, 3.8) is 0 Å². The Morgan fingerprint density at radius 2 is 2.07 bits per heavy atom. The predicted molar refractivity (Wildman–Crippen MR) is 59.7 cm³/mol. The van der Waals surface area contributed by atoms with Crippen LogP contribution in [-0.2, 0) is 4.84 Å². The Labute approximate surface area is 89.2 Å². The maximum Gasteiger partial charge on any atom is 0.149 e. The van der Waals surface area contributed by atoms with Crippen LogP contribution in [0.4, 0.5) is 0 Å². The molecule has 2 atom stereocenters. The van der Waals surface area contributed by atoms with Crippen LogP contribution in [-0.4, -0.2) is 11.8 Å². The van der Waals surface area contributed by atoms with E-state index < -0.39 is 0 Å². The number of benzene rings is 1. The summed E-state index contributed by atoms with van der Waals surface area (Å²) in [6.07, 6.45) is 6.69. The average Bonchev–Trinajstić information content (AvgIpc) is 2.77. The molecule has 2 unspecified atom stereocenters. The van der Waals surface area contributed by atoms with E-state index in [9.17, 15) is 0 Å². The van der Waals surface area contributed by atoms with E-state index in [4.69, 9.17) is 4.84 Å². The fourth-order valence-electron chi connectivity index (χ4n) is 2.21. The summed E-state index contributed by atoms with van der Waals surface area (Å²) in [6.45, 7) is 0. The number of rotatable bonds is 1. The van der Waals surface area contributed by atoms with E-state index in [2.05, 4.69) is 29.4 Å². The molecule has 2 nitrogen and oxygen atoms in total. The number of allylic oxidation sites excluding steroid dienone is 1. The van der Waals surface area contributed by atoms with E-state index in [1.807, 2.05) is 18.2 Å². The van der Waals surface area contributed by atoms with Gasteiger partial charge in [0.2, 0.25) is 0 Å². The van der Waals surface area contributed by atoms with E-state index in [0.717, 1.165) is 18.6 Å². The zero-order valence-corrected chi connectivity index (χ0v) is 8.47. The molecule has 1 aromatic carbocycles. The highest BCUT2D eigenvalue weighted by atomic mass is 16.6. The second kappa shape index (κ2) is 3.54. The summed E-state index contributed by atoms with van der Waals surface area (Å²) in [5.74, 6) is 0.595. The molecular formula is C13H13NO. The van der Waals surface area contributed by atoms with Crippen LogP contribution in [0, 0.1) is 5.92 Å². The van der Waals surface area contributed by atoms with E-state index in [1.165, 1.54) is 5.56 Å². The number of oxime groups is 1. The zero-order chi connectivity index (χ0) is 10.1. The van der Waals surface area contributed by atoms with Crippen LogP contribution in [0.3, 0.4) is 0 Å². The molecule has 1 aromatic rings. The highest BCUT2D eigenvalue weighted by molar-refractivity contribution is 6.00. The van der Waals surface area contributed by atoms with Gasteiger partial charge in [-0.05, 0) is 18.1 Å². The fourth-order valence-corrected chi connectivity index (χ4v) is 2.21. The summed E-state index contributed by atoms with van der Waals surface area (Å²) in [5, 5.41) is 4.21. The van der Waals surface area contributed by atoms with Gasteiger partial charge in [-0.25, -0.2) is 0 Å². The molecule has 0 saturated carbocycles. The molecular weight excluding hydrogens is 186 g/mol. The minimum Gasteiger partial charge on any atom is -0.388 e. The van der Waals surface area contributed by atoms with E-state index in [-0.39, 0.29) is 6.10 Å². The van der Waals surface area contributed by atoms with E-state index in [0.29, 0.717) is 5.92 Å². The molecule has 0 radical (unpaired) electrons. The molecule has 0 fully saturated rings. The van der Waals surface area contributed by atoms with Crippen molar-refractivity contribution in [3.8, 4) is 0 Å². The smallest absolute Gasteiger partial charge is 0.149 e. The minimum atomic E-state index is 0.220. The Kier molecular flexibility index (Phi) is 2.05. The van der Waals surface area contributed by atoms with Gasteiger partial charge in [0, 0.05) is 12.3 Å². The van der Waals surface area contributed by atoms with Crippen LogP contribution < -0.4 is 0 Å². The molecule has 0 N–H and O–H groups in total. The highest BCUT2D eigenvalue weighted by Crippen LogP contribution is 2.30. The first-order valence-electron chi connectivity index (χ1n) is 5.38. The van der Waals surface area contributed by atoms with Gasteiger partial charge in [-0.2, -0.15) is 0 Å². The van der Waals surface area contributed by atoms with Crippen molar-refractivity contribution in [2.24, 2.45) is 11.1 Å². The third kappa shape index (κ3) is 1.56. The van der Waals surface area contributed by atoms with Gasteiger partial charge in [-0.3, -0.25) is 0 Å². The van der Waals surface area contributed by atoms with Crippen LogP contribution in [0.5, 0.6) is 0 Å². The number of nitrogens with zero attached hydrogens (tertiary/aromatic N) is 1. The van der Waals surface area contributed by atoms with Gasteiger partial charge in [0.05, 0.1) is 5.71 Å². The van der Waals surface area contributed by atoms with Crippen molar-refractivity contribution in [1.82, 2.24) is 0 Å². The largest absolute Gasteiger partial charge is 0.388 e. The number of hydrogen-bond donors (Lipinski definition) is 0. The molecule has 0 amide bonds. The highest BCUT2D eigenvalue weighted by Gasteiger charge is 2.30. The summed E-state index contributed by atoms with van der Waals surface area (Å²) in [4.78, 5) is 5.47. The lowest BCUT2D eigenvalue weighted by molar-refractivity contribution is 0.0466. The first kappa shape index (κ1) is 8.72. The first-order valence-corrected chi connectivity index (χ1v) is 5.38. The molecule has 1 aliphatic carbocycles. The van der Waals surface area contributed by atoms with Gasteiger partial charge in [-0.1, -0.05) is 41.6 Å². The average molecular weight is 199 g/mol. The summed E-state index contributed by atoms with van der Waals surface area (Å²) in [5.41, 5.74) is 2.27. The molecule has 0 bridgehead atoms. The van der Waals surface area contributed by atoms with Crippen molar-refractivity contribution in [2.45, 2.75) is 18.9 Å². The van der Waals surface area contributed by atoms with Crippen LogP contribution in [0.15, 0.2) is 47.6 Å². The van der Waals surface area contributed by atoms with Crippen molar-refractivity contribution in [3.05, 3.63) is 48.0 Å². The minimum absolute atomic E-state index is 0.220. The monoisotopic (exact) mass is 199 g/mol. The third-order valence-electron chi connectivity index (χ3n) is 3.08. The topological polar surface area (TPSA) is 21.6 Å². The molecule has 1 aliphatic heterocycles. The Hall–Kier alpha value is -1.57. The van der Waals surface area contributed by atoms with Crippen molar-refractivity contribution in [1.29, 1.82) is 0 Å². The molecule has 1 heterocycles. The first-order chi connectivity index (χ1) is 7.43. The lowest BCUT2D eigenvalue weighted by Gasteiger charge is -2.23.